The number of aryl methyl sites for hydroxylation is 1. The molecule has 5 heteroatoms. The van der Waals surface area contributed by atoms with Crippen molar-refractivity contribution >= 4 is 33.4 Å². The number of halogens is 1. The van der Waals surface area contributed by atoms with Gasteiger partial charge in [-0.2, -0.15) is 0 Å². The third-order valence-electron chi connectivity index (χ3n) is 4.64. The van der Waals surface area contributed by atoms with Gasteiger partial charge < -0.3 is 9.47 Å². The summed E-state index contributed by atoms with van der Waals surface area (Å²) >= 11 is 3.33. The third-order valence-corrected chi connectivity index (χ3v) is 4.96. The minimum atomic E-state index is -0.831. The standard InChI is InChI=1S/C19H21BrO4/c1-12-8-4-5-9-13(12)14-15(23-17(22)18(2,3)20)19(24-16(14)21)10-6-7-11-19/h4-5,8-9H,6-7,10-11H2,1-3H3. The van der Waals surface area contributed by atoms with E-state index in [9.17, 15) is 9.59 Å². The maximum absolute atomic E-state index is 12.6. The second-order valence-corrected chi connectivity index (χ2v) is 8.95. The first-order chi connectivity index (χ1) is 11.2. The number of hydrogen-bond donors (Lipinski definition) is 0. The first-order valence-electron chi connectivity index (χ1n) is 8.20. The van der Waals surface area contributed by atoms with Crippen LogP contribution in [0.3, 0.4) is 0 Å². The molecule has 1 aromatic carbocycles. The lowest BCUT2D eigenvalue weighted by Crippen LogP contribution is -2.34. The monoisotopic (exact) mass is 392 g/mol. The van der Waals surface area contributed by atoms with E-state index in [1.165, 1.54) is 0 Å². The fourth-order valence-electron chi connectivity index (χ4n) is 3.31. The summed E-state index contributed by atoms with van der Waals surface area (Å²) in [7, 11) is 0. The van der Waals surface area contributed by atoms with Gasteiger partial charge in [0.05, 0.1) is 0 Å². The van der Waals surface area contributed by atoms with Crippen molar-refractivity contribution in [2.75, 3.05) is 0 Å². The number of carbonyl (C=O) groups is 2. The molecule has 0 N–H and O–H groups in total. The maximum atomic E-state index is 12.6. The van der Waals surface area contributed by atoms with Crippen LogP contribution in [0.15, 0.2) is 30.0 Å². The van der Waals surface area contributed by atoms with Crippen LogP contribution in [-0.2, 0) is 19.1 Å². The van der Waals surface area contributed by atoms with Gasteiger partial charge in [0.1, 0.15) is 9.90 Å². The molecular weight excluding hydrogens is 372 g/mol. The van der Waals surface area contributed by atoms with E-state index in [4.69, 9.17) is 9.47 Å². The molecule has 1 saturated carbocycles. The van der Waals surface area contributed by atoms with Gasteiger partial charge in [0, 0.05) is 0 Å². The molecule has 0 unspecified atom stereocenters. The minimum absolute atomic E-state index is 0.386. The summed E-state index contributed by atoms with van der Waals surface area (Å²) in [6, 6.07) is 7.59. The fraction of sp³-hybridized carbons (Fsp3) is 0.474. The number of alkyl halides is 1. The van der Waals surface area contributed by atoms with Crippen LogP contribution in [0.25, 0.3) is 5.57 Å². The Balaban J connectivity index is 2.14. The van der Waals surface area contributed by atoms with Crippen molar-refractivity contribution in [1.82, 2.24) is 0 Å². The van der Waals surface area contributed by atoms with Gasteiger partial charge >= 0.3 is 11.9 Å². The molecule has 1 aromatic rings. The summed E-state index contributed by atoms with van der Waals surface area (Å²) in [6.07, 6.45) is 3.29. The molecule has 3 rings (SSSR count). The van der Waals surface area contributed by atoms with Gasteiger partial charge in [0.15, 0.2) is 11.4 Å². The number of rotatable bonds is 3. The number of hydrogen-bond acceptors (Lipinski definition) is 4. The molecule has 24 heavy (non-hydrogen) atoms. The van der Waals surface area contributed by atoms with Gasteiger partial charge in [0.2, 0.25) is 0 Å². The van der Waals surface area contributed by atoms with E-state index in [1.807, 2.05) is 31.2 Å². The van der Waals surface area contributed by atoms with Gasteiger partial charge in [-0.1, -0.05) is 40.2 Å². The number of benzene rings is 1. The van der Waals surface area contributed by atoms with Crippen LogP contribution in [0.4, 0.5) is 0 Å². The minimum Gasteiger partial charge on any atom is -0.447 e. The summed E-state index contributed by atoms with van der Waals surface area (Å²) in [5.74, 6) is -0.439. The van der Waals surface area contributed by atoms with Gasteiger partial charge in [-0.3, -0.25) is 4.79 Å². The van der Waals surface area contributed by atoms with Gasteiger partial charge in [-0.05, 0) is 57.6 Å². The normalized spacial score (nSPS) is 19.8. The average Bonchev–Trinajstić information content (AvgIpc) is 3.06. The molecule has 0 aromatic heterocycles. The predicted octanol–water partition coefficient (Wildman–Crippen LogP) is 4.29. The zero-order chi connectivity index (χ0) is 17.5. The van der Waals surface area contributed by atoms with Gasteiger partial charge in [-0.25, -0.2) is 4.79 Å². The molecule has 1 heterocycles. The van der Waals surface area contributed by atoms with Crippen LogP contribution in [0.2, 0.25) is 0 Å². The predicted molar refractivity (Wildman–Crippen MR) is 94.5 cm³/mol. The molecule has 4 nitrogen and oxygen atoms in total. The Morgan fingerprint density at radius 2 is 1.88 bits per heavy atom. The van der Waals surface area contributed by atoms with Crippen LogP contribution in [0.5, 0.6) is 0 Å². The van der Waals surface area contributed by atoms with Crippen molar-refractivity contribution in [2.24, 2.45) is 0 Å². The molecule has 2 aliphatic rings. The number of esters is 2. The van der Waals surface area contributed by atoms with Crippen molar-refractivity contribution in [3.8, 4) is 0 Å². The molecule has 0 bridgehead atoms. The second kappa shape index (κ2) is 6.03. The van der Waals surface area contributed by atoms with E-state index in [2.05, 4.69) is 15.9 Å². The van der Waals surface area contributed by atoms with Crippen LogP contribution in [0.1, 0.15) is 50.7 Å². The van der Waals surface area contributed by atoms with Crippen molar-refractivity contribution < 1.29 is 19.1 Å². The first-order valence-corrected chi connectivity index (χ1v) is 8.99. The Labute approximate surface area is 150 Å². The topological polar surface area (TPSA) is 52.6 Å². The Hall–Kier alpha value is -1.62. The highest BCUT2D eigenvalue weighted by atomic mass is 79.9. The molecule has 1 aliphatic heterocycles. The highest BCUT2D eigenvalue weighted by molar-refractivity contribution is 9.10. The second-order valence-electron chi connectivity index (χ2n) is 6.97. The van der Waals surface area contributed by atoms with Crippen molar-refractivity contribution in [3.63, 3.8) is 0 Å². The van der Waals surface area contributed by atoms with E-state index in [1.54, 1.807) is 13.8 Å². The summed E-state index contributed by atoms with van der Waals surface area (Å²) in [4.78, 5) is 25.1. The lowest BCUT2D eigenvalue weighted by molar-refractivity contribution is -0.153. The smallest absolute Gasteiger partial charge is 0.343 e. The van der Waals surface area contributed by atoms with Crippen molar-refractivity contribution in [2.45, 2.75) is 56.4 Å². The number of ether oxygens (including phenoxy) is 2. The highest BCUT2D eigenvalue weighted by Crippen LogP contribution is 2.49. The quantitative estimate of drug-likeness (QED) is 0.568. The van der Waals surface area contributed by atoms with Gasteiger partial charge in [-0.15, -0.1) is 0 Å². The lowest BCUT2D eigenvalue weighted by Gasteiger charge is -2.26. The molecule has 1 aliphatic carbocycles. The molecule has 0 radical (unpaired) electrons. The van der Waals surface area contributed by atoms with Gasteiger partial charge in [0.25, 0.3) is 0 Å². The lowest BCUT2D eigenvalue weighted by atomic mass is 9.93. The average molecular weight is 393 g/mol. The van der Waals surface area contributed by atoms with E-state index in [0.29, 0.717) is 24.2 Å². The summed E-state index contributed by atoms with van der Waals surface area (Å²) in [5.41, 5.74) is 1.32. The van der Waals surface area contributed by atoms with E-state index < -0.39 is 21.9 Å². The fourth-order valence-corrected chi connectivity index (χ4v) is 3.40. The molecule has 1 fully saturated rings. The molecule has 0 saturated heterocycles. The van der Waals surface area contributed by atoms with Crippen LogP contribution < -0.4 is 0 Å². The maximum Gasteiger partial charge on any atom is 0.343 e. The summed E-state index contributed by atoms with van der Waals surface area (Å²) in [5, 5.41) is 0. The van der Waals surface area contributed by atoms with E-state index >= 15 is 0 Å². The first kappa shape index (κ1) is 17.2. The Morgan fingerprint density at radius 3 is 2.46 bits per heavy atom. The number of carbonyl (C=O) groups excluding carboxylic acids is 2. The van der Waals surface area contributed by atoms with Crippen molar-refractivity contribution in [3.05, 3.63) is 41.2 Å². The molecule has 128 valence electrons. The van der Waals surface area contributed by atoms with E-state index in [0.717, 1.165) is 24.0 Å². The van der Waals surface area contributed by atoms with E-state index in [-0.39, 0.29) is 0 Å². The molecule has 0 amide bonds. The molecular formula is C19H21BrO4. The zero-order valence-electron chi connectivity index (χ0n) is 14.1. The highest BCUT2D eigenvalue weighted by Gasteiger charge is 2.53. The Morgan fingerprint density at radius 1 is 1.25 bits per heavy atom. The van der Waals surface area contributed by atoms with Crippen LogP contribution in [0, 0.1) is 6.92 Å². The summed E-state index contributed by atoms with van der Waals surface area (Å²) in [6.45, 7) is 5.38. The molecule has 0 atom stereocenters. The third kappa shape index (κ3) is 2.90. The summed E-state index contributed by atoms with van der Waals surface area (Å²) < 4.78 is 10.7. The largest absolute Gasteiger partial charge is 0.447 e. The van der Waals surface area contributed by atoms with Crippen molar-refractivity contribution in [1.29, 1.82) is 0 Å². The Bertz CT molecular complexity index is 721. The zero-order valence-corrected chi connectivity index (χ0v) is 15.7. The Kier molecular flexibility index (Phi) is 4.32. The SMILES string of the molecule is Cc1ccccc1C1=C(OC(=O)C(C)(C)Br)C2(CCCC2)OC1=O. The van der Waals surface area contributed by atoms with Crippen LogP contribution in [-0.4, -0.2) is 21.9 Å². The molecule has 1 spiro atoms. The van der Waals surface area contributed by atoms with Crippen LogP contribution >= 0.6 is 15.9 Å².